The second-order valence-corrected chi connectivity index (χ2v) is 5.23. The van der Waals surface area contributed by atoms with Crippen LogP contribution in [0.1, 0.15) is 10.4 Å². The molecule has 0 unspecified atom stereocenters. The maximum atomic E-state index is 11.7. The van der Waals surface area contributed by atoms with Crippen molar-refractivity contribution >= 4 is 28.8 Å². The molecule has 5 heteroatoms. The molecule has 4 nitrogen and oxygen atoms in total. The Morgan fingerprint density at radius 3 is 2.67 bits per heavy atom. The number of hydrogen-bond donors (Lipinski definition) is 0. The van der Waals surface area contributed by atoms with Crippen molar-refractivity contribution in [2.24, 2.45) is 0 Å². The minimum absolute atomic E-state index is 0.0393. The lowest BCUT2D eigenvalue weighted by atomic mass is 10.2. The van der Waals surface area contributed by atoms with E-state index in [2.05, 4.69) is 0 Å². The zero-order valence-electron chi connectivity index (χ0n) is 11.2. The molecule has 3 aromatic rings. The van der Waals surface area contributed by atoms with Gasteiger partial charge in [-0.15, -0.1) is 0 Å². The normalized spacial score (nSPS) is 10.9. The molecular weight excluding hydrogens is 288 g/mol. The van der Waals surface area contributed by atoms with E-state index in [-0.39, 0.29) is 5.56 Å². The summed E-state index contributed by atoms with van der Waals surface area (Å²) in [6.45, 7) is 1.13. The van der Waals surface area contributed by atoms with E-state index >= 15 is 0 Å². The van der Waals surface area contributed by atoms with E-state index in [1.165, 1.54) is 6.07 Å². The predicted molar refractivity (Wildman–Crippen MR) is 83.0 cm³/mol. The first-order valence-corrected chi connectivity index (χ1v) is 6.96. The highest BCUT2D eigenvalue weighted by molar-refractivity contribution is 6.31. The third kappa shape index (κ3) is 2.62. The van der Waals surface area contributed by atoms with Gasteiger partial charge in [-0.3, -0.25) is 9.59 Å². The Kier molecular flexibility index (Phi) is 3.62. The van der Waals surface area contributed by atoms with E-state index in [4.69, 9.17) is 11.6 Å². The van der Waals surface area contributed by atoms with Gasteiger partial charge in [-0.1, -0.05) is 23.7 Å². The lowest BCUT2D eigenvalue weighted by Gasteiger charge is -2.07. The van der Waals surface area contributed by atoms with Crippen LogP contribution in [0.5, 0.6) is 0 Å². The lowest BCUT2D eigenvalue weighted by molar-refractivity contribution is 0.112. The molecule has 0 saturated carbocycles. The predicted octanol–water partition coefficient (Wildman–Crippen LogP) is 2.97. The second kappa shape index (κ2) is 5.58. The van der Waals surface area contributed by atoms with Crippen LogP contribution in [-0.2, 0) is 13.1 Å². The third-order valence-corrected chi connectivity index (χ3v) is 3.72. The zero-order chi connectivity index (χ0) is 14.8. The SMILES string of the molecule is O=Cc1cn(CCn2ccccc2=O)c2cc(Cl)ccc12. The first kappa shape index (κ1) is 13.6. The van der Waals surface area contributed by atoms with Gasteiger partial charge in [0.25, 0.3) is 5.56 Å². The molecule has 3 rings (SSSR count). The summed E-state index contributed by atoms with van der Waals surface area (Å²) >= 11 is 6.03. The Balaban J connectivity index is 1.97. The molecule has 2 aromatic heterocycles. The largest absolute Gasteiger partial charge is 0.345 e. The Bertz CT molecular complexity index is 864. The number of hydrogen-bond acceptors (Lipinski definition) is 2. The summed E-state index contributed by atoms with van der Waals surface area (Å²) in [5.74, 6) is 0. The van der Waals surface area contributed by atoms with E-state index in [0.29, 0.717) is 23.7 Å². The van der Waals surface area contributed by atoms with Crippen LogP contribution in [0, 0.1) is 0 Å². The monoisotopic (exact) mass is 300 g/mol. The Labute approximate surface area is 126 Å². The molecule has 0 fully saturated rings. The van der Waals surface area contributed by atoms with Crippen molar-refractivity contribution in [2.45, 2.75) is 13.1 Å². The number of nitrogens with zero attached hydrogens (tertiary/aromatic N) is 2. The fraction of sp³-hybridized carbons (Fsp3) is 0.125. The van der Waals surface area contributed by atoms with Crippen LogP contribution in [-0.4, -0.2) is 15.4 Å². The number of carbonyl (C=O) groups excluding carboxylic acids is 1. The lowest BCUT2D eigenvalue weighted by Crippen LogP contribution is -2.20. The van der Waals surface area contributed by atoms with Gasteiger partial charge in [-0.2, -0.15) is 0 Å². The summed E-state index contributed by atoms with van der Waals surface area (Å²) in [4.78, 5) is 22.8. The van der Waals surface area contributed by atoms with Gasteiger partial charge in [-0.05, 0) is 18.2 Å². The van der Waals surface area contributed by atoms with E-state index < -0.39 is 0 Å². The molecule has 0 amide bonds. The number of pyridine rings is 1. The smallest absolute Gasteiger partial charge is 0.250 e. The molecular formula is C16H13ClN2O2. The van der Waals surface area contributed by atoms with Gasteiger partial charge in [0.05, 0.1) is 5.52 Å². The van der Waals surface area contributed by atoms with Gasteiger partial charge in [0.1, 0.15) is 0 Å². The molecule has 0 aliphatic rings. The second-order valence-electron chi connectivity index (χ2n) is 4.79. The highest BCUT2D eigenvalue weighted by Gasteiger charge is 2.08. The number of benzene rings is 1. The summed E-state index contributed by atoms with van der Waals surface area (Å²) in [5.41, 5.74) is 1.48. The Morgan fingerprint density at radius 1 is 1.10 bits per heavy atom. The van der Waals surface area contributed by atoms with Crippen molar-refractivity contribution in [3.05, 3.63) is 69.7 Å². The van der Waals surface area contributed by atoms with Gasteiger partial charge in [-0.25, -0.2) is 0 Å². The standard InChI is InChI=1S/C16H13ClN2O2/c17-13-4-5-14-12(11-20)10-19(15(14)9-13)8-7-18-6-2-1-3-16(18)21/h1-6,9-11H,7-8H2. The molecule has 21 heavy (non-hydrogen) atoms. The van der Waals surface area contributed by atoms with Gasteiger partial charge >= 0.3 is 0 Å². The van der Waals surface area contributed by atoms with Crippen LogP contribution >= 0.6 is 11.6 Å². The van der Waals surface area contributed by atoms with Crippen LogP contribution in [0.4, 0.5) is 0 Å². The van der Waals surface area contributed by atoms with Crippen LogP contribution in [0.3, 0.4) is 0 Å². The Morgan fingerprint density at radius 2 is 1.90 bits per heavy atom. The van der Waals surface area contributed by atoms with Crippen molar-refractivity contribution in [1.82, 2.24) is 9.13 Å². The Hall–Kier alpha value is -2.33. The molecule has 2 heterocycles. The van der Waals surface area contributed by atoms with E-state index in [1.807, 2.05) is 22.8 Å². The summed E-state index contributed by atoms with van der Waals surface area (Å²) in [7, 11) is 0. The van der Waals surface area contributed by atoms with Gasteiger partial charge in [0.2, 0.25) is 0 Å². The van der Waals surface area contributed by atoms with Crippen molar-refractivity contribution in [2.75, 3.05) is 0 Å². The minimum atomic E-state index is -0.0393. The molecule has 1 aromatic carbocycles. The number of aryl methyl sites for hydroxylation is 2. The molecule has 0 bridgehead atoms. The van der Waals surface area contributed by atoms with Crippen LogP contribution in [0.15, 0.2) is 53.6 Å². The van der Waals surface area contributed by atoms with E-state index in [1.54, 1.807) is 29.1 Å². The summed E-state index contributed by atoms with van der Waals surface area (Å²) in [5, 5.41) is 1.49. The first-order valence-electron chi connectivity index (χ1n) is 6.58. The number of fused-ring (bicyclic) bond motifs is 1. The average Bonchev–Trinajstić information content (AvgIpc) is 2.83. The molecule has 0 aliphatic heterocycles. The van der Waals surface area contributed by atoms with Gasteiger partial charge < -0.3 is 9.13 Å². The van der Waals surface area contributed by atoms with Crippen LogP contribution in [0.25, 0.3) is 10.9 Å². The van der Waals surface area contributed by atoms with E-state index in [0.717, 1.165) is 17.2 Å². The van der Waals surface area contributed by atoms with Gasteiger partial charge in [0, 0.05) is 47.5 Å². The number of aldehydes is 1. The molecule has 0 saturated heterocycles. The van der Waals surface area contributed by atoms with Crippen molar-refractivity contribution in [3.8, 4) is 0 Å². The number of carbonyl (C=O) groups is 1. The fourth-order valence-corrected chi connectivity index (χ4v) is 2.60. The molecule has 0 spiro atoms. The number of aromatic nitrogens is 2. The average molecular weight is 301 g/mol. The molecule has 0 radical (unpaired) electrons. The van der Waals surface area contributed by atoms with Crippen molar-refractivity contribution in [3.63, 3.8) is 0 Å². The summed E-state index contributed by atoms with van der Waals surface area (Å²) < 4.78 is 3.58. The molecule has 0 aliphatic carbocycles. The minimum Gasteiger partial charge on any atom is -0.345 e. The highest BCUT2D eigenvalue weighted by Crippen LogP contribution is 2.23. The van der Waals surface area contributed by atoms with Crippen molar-refractivity contribution < 1.29 is 4.79 Å². The molecule has 0 N–H and O–H groups in total. The highest BCUT2D eigenvalue weighted by atomic mass is 35.5. The third-order valence-electron chi connectivity index (χ3n) is 3.48. The summed E-state index contributed by atoms with van der Waals surface area (Å²) in [6, 6.07) is 10.5. The zero-order valence-corrected chi connectivity index (χ0v) is 12.0. The maximum absolute atomic E-state index is 11.7. The fourth-order valence-electron chi connectivity index (χ4n) is 2.43. The van der Waals surface area contributed by atoms with Crippen LogP contribution < -0.4 is 5.56 Å². The number of halogens is 1. The topological polar surface area (TPSA) is 44.0 Å². The first-order chi connectivity index (χ1) is 10.2. The maximum Gasteiger partial charge on any atom is 0.250 e. The van der Waals surface area contributed by atoms with E-state index in [9.17, 15) is 9.59 Å². The molecule has 106 valence electrons. The van der Waals surface area contributed by atoms with Gasteiger partial charge in [0.15, 0.2) is 6.29 Å². The quantitative estimate of drug-likeness (QED) is 0.695. The molecule has 0 atom stereocenters. The van der Waals surface area contributed by atoms with Crippen molar-refractivity contribution in [1.29, 1.82) is 0 Å². The van der Waals surface area contributed by atoms with Crippen LogP contribution in [0.2, 0.25) is 5.02 Å². The summed E-state index contributed by atoms with van der Waals surface area (Å²) in [6.07, 6.45) is 4.38. The number of rotatable bonds is 4.